The molecule has 0 saturated heterocycles. The van der Waals surface area contributed by atoms with Crippen LogP contribution in [-0.4, -0.2) is 55.5 Å². The third-order valence-corrected chi connectivity index (χ3v) is 6.59. The lowest BCUT2D eigenvalue weighted by Crippen LogP contribution is -2.46. The number of rotatable bonds is 11. The summed E-state index contributed by atoms with van der Waals surface area (Å²) in [5.74, 6) is -0.669. The van der Waals surface area contributed by atoms with Gasteiger partial charge in [0.05, 0.1) is 24.0 Å². The predicted octanol–water partition coefficient (Wildman–Crippen LogP) is 3.72. The minimum Gasteiger partial charge on any atom is -0.290 e. The monoisotopic (exact) mass is 492 g/mol. The van der Waals surface area contributed by atoms with E-state index in [1.807, 2.05) is 60.7 Å². The third kappa shape index (κ3) is 6.42. The Hall–Kier alpha value is -3.33. The molecule has 35 heavy (non-hydrogen) atoms. The first kappa shape index (κ1) is 24.8. The molecule has 4 rings (SSSR count). The van der Waals surface area contributed by atoms with Gasteiger partial charge >= 0.3 is 0 Å². The summed E-state index contributed by atoms with van der Waals surface area (Å²) in [5, 5.41) is 0. The van der Waals surface area contributed by atoms with Crippen molar-refractivity contribution < 1.29 is 22.2 Å². The van der Waals surface area contributed by atoms with E-state index >= 15 is 0 Å². The van der Waals surface area contributed by atoms with Crippen molar-refractivity contribution in [3.8, 4) is 0 Å². The molecule has 1 atom stereocenters. The van der Waals surface area contributed by atoms with Crippen molar-refractivity contribution in [3.05, 3.63) is 107 Å². The summed E-state index contributed by atoms with van der Waals surface area (Å²) in [6.07, 6.45) is 1.33. The zero-order chi connectivity index (χ0) is 24.8. The largest absolute Gasteiger partial charge is 0.290 e. The number of carbonyl (C=O) groups is 2. The molecule has 1 aliphatic rings. The van der Waals surface area contributed by atoms with Crippen LogP contribution in [0, 0.1) is 0 Å². The first-order chi connectivity index (χ1) is 16.8. The van der Waals surface area contributed by atoms with E-state index in [9.17, 15) is 18.0 Å². The number of imide groups is 1. The highest BCUT2D eigenvalue weighted by molar-refractivity contribution is 7.85. The van der Waals surface area contributed by atoms with Crippen LogP contribution in [0.3, 0.4) is 0 Å². The van der Waals surface area contributed by atoms with Crippen LogP contribution >= 0.6 is 0 Å². The zero-order valence-corrected chi connectivity index (χ0v) is 20.4. The fraction of sp³-hybridized carbons (Fsp3) is 0.259. The summed E-state index contributed by atoms with van der Waals surface area (Å²) in [5.41, 5.74) is 2.92. The maximum Gasteiger partial charge on any atom is 0.264 e. The molecule has 7 nitrogen and oxygen atoms in total. The molecule has 3 aromatic rings. The van der Waals surface area contributed by atoms with Crippen LogP contribution < -0.4 is 0 Å². The Morgan fingerprint density at radius 3 is 1.69 bits per heavy atom. The van der Waals surface area contributed by atoms with Gasteiger partial charge in [0, 0.05) is 25.7 Å². The molecule has 0 saturated carbocycles. The Morgan fingerprint density at radius 1 is 0.771 bits per heavy atom. The van der Waals surface area contributed by atoms with Crippen LogP contribution in [-0.2, 0) is 27.4 Å². The van der Waals surface area contributed by atoms with Crippen LogP contribution in [0.2, 0.25) is 0 Å². The Labute approximate surface area is 206 Å². The van der Waals surface area contributed by atoms with Gasteiger partial charge in [-0.05, 0) is 29.7 Å². The second-order valence-corrected chi connectivity index (χ2v) is 10.3. The summed E-state index contributed by atoms with van der Waals surface area (Å²) in [4.78, 5) is 29.6. The maximum atomic E-state index is 13.1. The van der Waals surface area contributed by atoms with Crippen molar-refractivity contribution in [2.45, 2.75) is 25.6 Å². The fourth-order valence-electron chi connectivity index (χ4n) is 4.29. The number of hydrogen-bond donors (Lipinski definition) is 0. The van der Waals surface area contributed by atoms with Crippen molar-refractivity contribution in [3.63, 3.8) is 0 Å². The average molecular weight is 493 g/mol. The molecule has 0 bridgehead atoms. The molecule has 0 radical (unpaired) electrons. The fourth-order valence-corrected chi connectivity index (χ4v) is 4.69. The molecular weight excluding hydrogens is 464 g/mol. The smallest absolute Gasteiger partial charge is 0.264 e. The lowest BCUT2D eigenvalue weighted by molar-refractivity contribution is 0.0552. The molecule has 0 N–H and O–H groups in total. The van der Waals surface area contributed by atoms with Crippen molar-refractivity contribution >= 4 is 21.9 Å². The van der Waals surface area contributed by atoms with Gasteiger partial charge in [-0.15, -0.1) is 0 Å². The summed E-state index contributed by atoms with van der Waals surface area (Å²) in [6.45, 7) is 1.19. The quantitative estimate of drug-likeness (QED) is 0.300. The lowest BCUT2D eigenvalue weighted by Gasteiger charge is -2.34. The molecule has 3 aromatic carbocycles. The van der Waals surface area contributed by atoms with Crippen molar-refractivity contribution in [2.75, 3.05) is 19.4 Å². The molecule has 0 aromatic heterocycles. The Bertz CT molecular complexity index is 1200. The number of fused-ring (bicyclic) bond motifs is 1. The SMILES string of the molecule is CS(=O)(=O)OCCC(CN1C(=O)c2ccccc2C1=O)N(Cc1ccccc1)Cc1ccccc1. The second-order valence-electron chi connectivity index (χ2n) is 8.61. The topological polar surface area (TPSA) is 84.0 Å². The molecule has 1 aliphatic heterocycles. The molecule has 182 valence electrons. The maximum absolute atomic E-state index is 13.1. The van der Waals surface area contributed by atoms with Gasteiger partial charge in [-0.1, -0.05) is 72.8 Å². The van der Waals surface area contributed by atoms with Gasteiger partial charge in [-0.25, -0.2) is 0 Å². The lowest BCUT2D eigenvalue weighted by atomic mass is 10.1. The summed E-state index contributed by atoms with van der Waals surface area (Å²) in [6, 6.07) is 26.3. The van der Waals surface area contributed by atoms with Crippen molar-refractivity contribution in [1.82, 2.24) is 9.80 Å². The van der Waals surface area contributed by atoms with Gasteiger partial charge in [-0.3, -0.25) is 23.6 Å². The van der Waals surface area contributed by atoms with Crippen LogP contribution in [0.1, 0.15) is 38.3 Å². The summed E-state index contributed by atoms with van der Waals surface area (Å²) < 4.78 is 28.3. The molecule has 1 heterocycles. The molecule has 0 fully saturated rings. The highest BCUT2D eigenvalue weighted by atomic mass is 32.2. The van der Waals surface area contributed by atoms with Crippen LogP contribution in [0.15, 0.2) is 84.9 Å². The number of amides is 2. The predicted molar refractivity (Wildman–Crippen MR) is 133 cm³/mol. The number of carbonyl (C=O) groups excluding carboxylic acids is 2. The van der Waals surface area contributed by atoms with Gasteiger partial charge < -0.3 is 0 Å². The normalized spacial score (nSPS) is 14.4. The molecular formula is C27H28N2O5S. The first-order valence-electron chi connectivity index (χ1n) is 11.4. The van der Waals surface area contributed by atoms with Gasteiger partial charge in [0.15, 0.2) is 0 Å². The van der Waals surface area contributed by atoms with Crippen LogP contribution in [0.5, 0.6) is 0 Å². The van der Waals surface area contributed by atoms with E-state index in [2.05, 4.69) is 4.90 Å². The van der Waals surface area contributed by atoms with Crippen molar-refractivity contribution in [1.29, 1.82) is 0 Å². The highest BCUT2D eigenvalue weighted by Gasteiger charge is 2.37. The number of benzene rings is 3. The standard InChI is InChI=1S/C27H28N2O5S/c1-35(32,33)34-17-16-23(20-29-26(30)24-14-8-9-15-25(24)27(29)31)28(18-21-10-4-2-5-11-21)19-22-12-6-3-7-13-22/h2-15,23H,16-20H2,1H3. The first-order valence-corrected chi connectivity index (χ1v) is 13.2. The summed E-state index contributed by atoms with van der Waals surface area (Å²) in [7, 11) is -3.62. The van der Waals surface area contributed by atoms with E-state index in [1.54, 1.807) is 24.3 Å². The molecule has 8 heteroatoms. The van der Waals surface area contributed by atoms with Gasteiger partial charge in [0.25, 0.3) is 21.9 Å². The van der Waals surface area contributed by atoms with Crippen molar-refractivity contribution in [2.24, 2.45) is 0 Å². The minimum atomic E-state index is -3.62. The Kier molecular flexibility index (Phi) is 7.75. The van der Waals surface area contributed by atoms with E-state index in [-0.39, 0.29) is 31.0 Å². The Balaban J connectivity index is 1.63. The summed E-state index contributed by atoms with van der Waals surface area (Å²) >= 11 is 0. The van der Waals surface area contributed by atoms with E-state index < -0.39 is 10.1 Å². The highest BCUT2D eigenvalue weighted by Crippen LogP contribution is 2.25. The van der Waals surface area contributed by atoms with Crippen LogP contribution in [0.4, 0.5) is 0 Å². The van der Waals surface area contributed by atoms with E-state index in [1.165, 1.54) is 4.90 Å². The van der Waals surface area contributed by atoms with E-state index in [0.29, 0.717) is 30.6 Å². The second kappa shape index (κ2) is 10.9. The number of hydrogen-bond acceptors (Lipinski definition) is 6. The van der Waals surface area contributed by atoms with Gasteiger partial charge in [-0.2, -0.15) is 8.42 Å². The van der Waals surface area contributed by atoms with E-state index in [0.717, 1.165) is 17.4 Å². The molecule has 1 unspecified atom stereocenters. The van der Waals surface area contributed by atoms with Gasteiger partial charge in [0.2, 0.25) is 0 Å². The third-order valence-electron chi connectivity index (χ3n) is 5.99. The molecule has 0 aliphatic carbocycles. The van der Waals surface area contributed by atoms with E-state index in [4.69, 9.17) is 4.18 Å². The molecule has 0 spiro atoms. The van der Waals surface area contributed by atoms with Crippen LogP contribution in [0.25, 0.3) is 0 Å². The Morgan fingerprint density at radius 2 is 1.23 bits per heavy atom. The number of nitrogens with zero attached hydrogens (tertiary/aromatic N) is 2. The molecule has 2 amide bonds. The van der Waals surface area contributed by atoms with Gasteiger partial charge in [0.1, 0.15) is 0 Å². The average Bonchev–Trinajstić information content (AvgIpc) is 3.08. The minimum absolute atomic E-state index is 0.0489. The zero-order valence-electron chi connectivity index (χ0n) is 19.5.